The molecular weight excluding hydrogens is 304 g/mol. The number of rotatable bonds is 3. The molecular formula is C15H20N2O4S. The van der Waals surface area contributed by atoms with Crippen LogP contribution in [0.1, 0.15) is 32.6 Å². The van der Waals surface area contributed by atoms with E-state index in [0.717, 1.165) is 25.7 Å². The molecule has 120 valence electrons. The van der Waals surface area contributed by atoms with E-state index in [1.165, 1.54) is 12.1 Å². The highest BCUT2D eigenvalue weighted by Crippen LogP contribution is 2.31. The molecule has 1 saturated carbocycles. The Labute approximate surface area is 130 Å². The van der Waals surface area contributed by atoms with Gasteiger partial charge in [-0.1, -0.05) is 6.92 Å². The molecule has 2 aliphatic rings. The number of sulfonamides is 1. The molecule has 1 aromatic rings. The van der Waals surface area contributed by atoms with Crippen molar-refractivity contribution in [3.8, 4) is 5.75 Å². The summed E-state index contributed by atoms with van der Waals surface area (Å²) in [5, 5.41) is 2.63. The van der Waals surface area contributed by atoms with Crippen LogP contribution in [0.2, 0.25) is 0 Å². The molecule has 0 spiro atoms. The molecule has 0 radical (unpaired) electrons. The van der Waals surface area contributed by atoms with Gasteiger partial charge in [-0.05, 0) is 49.8 Å². The van der Waals surface area contributed by atoms with Gasteiger partial charge in [0.05, 0.1) is 10.6 Å². The number of anilines is 1. The molecule has 0 bridgehead atoms. The lowest BCUT2D eigenvalue weighted by Crippen LogP contribution is -2.37. The lowest BCUT2D eigenvalue weighted by molar-refractivity contribution is -0.118. The van der Waals surface area contributed by atoms with Gasteiger partial charge in [-0.25, -0.2) is 13.1 Å². The van der Waals surface area contributed by atoms with Crippen LogP contribution in [0.15, 0.2) is 23.1 Å². The van der Waals surface area contributed by atoms with Gasteiger partial charge >= 0.3 is 0 Å². The van der Waals surface area contributed by atoms with Gasteiger partial charge in [0.15, 0.2) is 6.61 Å². The summed E-state index contributed by atoms with van der Waals surface area (Å²) in [4.78, 5) is 11.5. The van der Waals surface area contributed by atoms with Gasteiger partial charge in [0, 0.05) is 6.04 Å². The third kappa shape index (κ3) is 3.25. The maximum Gasteiger partial charge on any atom is 0.262 e. The number of benzene rings is 1. The van der Waals surface area contributed by atoms with Crippen molar-refractivity contribution in [2.75, 3.05) is 11.9 Å². The van der Waals surface area contributed by atoms with Gasteiger partial charge in [0.1, 0.15) is 5.75 Å². The van der Waals surface area contributed by atoms with Gasteiger partial charge in [0.2, 0.25) is 10.0 Å². The molecule has 1 heterocycles. The Morgan fingerprint density at radius 1 is 1.23 bits per heavy atom. The van der Waals surface area contributed by atoms with E-state index in [2.05, 4.69) is 17.0 Å². The zero-order valence-electron chi connectivity index (χ0n) is 12.5. The molecule has 0 aromatic heterocycles. The summed E-state index contributed by atoms with van der Waals surface area (Å²) in [7, 11) is -3.59. The van der Waals surface area contributed by atoms with Crippen LogP contribution >= 0.6 is 0 Å². The predicted octanol–water partition coefficient (Wildman–Crippen LogP) is 1.87. The molecule has 0 atom stereocenters. The van der Waals surface area contributed by atoms with E-state index < -0.39 is 10.0 Å². The Hall–Kier alpha value is -1.60. The molecule has 6 nitrogen and oxygen atoms in total. The molecule has 1 amide bonds. The van der Waals surface area contributed by atoms with E-state index in [9.17, 15) is 13.2 Å². The average Bonchev–Trinajstić information content (AvgIpc) is 2.48. The van der Waals surface area contributed by atoms with Gasteiger partial charge in [-0.2, -0.15) is 0 Å². The van der Waals surface area contributed by atoms with Crippen LogP contribution in [-0.4, -0.2) is 27.0 Å². The molecule has 0 saturated heterocycles. The van der Waals surface area contributed by atoms with Gasteiger partial charge in [-0.15, -0.1) is 0 Å². The molecule has 2 N–H and O–H groups in total. The zero-order valence-corrected chi connectivity index (χ0v) is 13.3. The summed E-state index contributed by atoms with van der Waals surface area (Å²) in [5.41, 5.74) is 0.399. The highest BCUT2D eigenvalue weighted by Gasteiger charge is 2.25. The summed E-state index contributed by atoms with van der Waals surface area (Å²) < 4.78 is 33.0. The quantitative estimate of drug-likeness (QED) is 0.889. The summed E-state index contributed by atoms with van der Waals surface area (Å²) >= 11 is 0. The minimum atomic E-state index is -3.59. The van der Waals surface area contributed by atoms with Gasteiger partial charge in [-0.3, -0.25) is 4.79 Å². The Balaban J connectivity index is 1.77. The largest absolute Gasteiger partial charge is 0.482 e. The zero-order chi connectivity index (χ0) is 15.7. The first-order valence-corrected chi connectivity index (χ1v) is 9.01. The molecule has 22 heavy (non-hydrogen) atoms. The third-order valence-electron chi connectivity index (χ3n) is 4.23. The number of carbonyl (C=O) groups is 1. The van der Waals surface area contributed by atoms with Crippen LogP contribution in [0.4, 0.5) is 5.69 Å². The third-order valence-corrected chi connectivity index (χ3v) is 5.75. The Morgan fingerprint density at radius 2 is 1.95 bits per heavy atom. The van der Waals surface area contributed by atoms with Gasteiger partial charge in [0.25, 0.3) is 5.91 Å². The van der Waals surface area contributed by atoms with Crippen molar-refractivity contribution in [2.45, 2.75) is 43.5 Å². The first kappa shape index (κ1) is 15.3. The number of nitrogens with one attached hydrogen (secondary N) is 2. The van der Waals surface area contributed by atoms with Crippen LogP contribution < -0.4 is 14.8 Å². The highest BCUT2D eigenvalue weighted by atomic mass is 32.2. The number of carbonyl (C=O) groups excluding carboxylic acids is 1. The maximum atomic E-state index is 12.5. The van der Waals surface area contributed by atoms with Crippen LogP contribution in [0.25, 0.3) is 0 Å². The Bertz CT molecular complexity index is 679. The summed E-state index contributed by atoms with van der Waals surface area (Å²) in [6.07, 6.45) is 3.82. The van der Waals surface area contributed by atoms with Crippen molar-refractivity contribution in [3.63, 3.8) is 0 Å². The highest BCUT2D eigenvalue weighted by molar-refractivity contribution is 7.89. The molecule has 1 aromatic carbocycles. The monoisotopic (exact) mass is 324 g/mol. The topological polar surface area (TPSA) is 84.5 Å². The second kappa shape index (κ2) is 5.89. The van der Waals surface area contributed by atoms with Crippen molar-refractivity contribution in [3.05, 3.63) is 18.2 Å². The van der Waals surface area contributed by atoms with Crippen LogP contribution in [0, 0.1) is 5.92 Å². The number of hydrogen-bond acceptors (Lipinski definition) is 4. The van der Waals surface area contributed by atoms with E-state index in [1.54, 1.807) is 6.07 Å². The summed E-state index contributed by atoms with van der Waals surface area (Å²) in [6, 6.07) is 4.51. The SMILES string of the molecule is CC1CCC(NS(=O)(=O)c2ccc3c(c2)NC(=O)CO3)CC1. The smallest absolute Gasteiger partial charge is 0.262 e. The van der Waals surface area contributed by atoms with Crippen LogP contribution in [0.3, 0.4) is 0 Å². The fraction of sp³-hybridized carbons (Fsp3) is 0.533. The minimum Gasteiger partial charge on any atom is -0.482 e. The Morgan fingerprint density at radius 3 is 2.68 bits per heavy atom. The van der Waals surface area contributed by atoms with E-state index in [1.807, 2.05) is 0 Å². The van der Waals surface area contributed by atoms with E-state index in [0.29, 0.717) is 17.4 Å². The second-order valence-electron chi connectivity index (χ2n) is 6.07. The van der Waals surface area contributed by atoms with Crippen molar-refractivity contribution in [2.24, 2.45) is 5.92 Å². The van der Waals surface area contributed by atoms with Crippen molar-refractivity contribution in [1.29, 1.82) is 0 Å². The number of fused-ring (bicyclic) bond motifs is 1. The van der Waals surface area contributed by atoms with Crippen molar-refractivity contribution >= 4 is 21.6 Å². The van der Waals surface area contributed by atoms with E-state index in [4.69, 9.17) is 4.74 Å². The van der Waals surface area contributed by atoms with Crippen LogP contribution in [0.5, 0.6) is 5.75 Å². The second-order valence-corrected chi connectivity index (χ2v) is 7.79. The average molecular weight is 324 g/mol. The standard InChI is InChI=1S/C15H20N2O4S/c1-10-2-4-11(5-3-10)17-22(19,20)12-6-7-14-13(8-12)16-15(18)9-21-14/h6-8,10-11,17H,2-5,9H2,1H3,(H,16,18). The first-order valence-electron chi connectivity index (χ1n) is 7.53. The maximum absolute atomic E-state index is 12.5. The lowest BCUT2D eigenvalue weighted by atomic mass is 9.88. The number of amides is 1. The predicted molar refractivity (Wildman–Crippen MR) is 82.3 cm³/mol. The molecule has 1 aliphatic carbocycles. The number of hydrogen-bond donors (Lipinski definition) is 2. The molecule has 0 unspecified atom stereocenters. The van der Waals surface area contributed by atoms with E-state index in [-0.39, 0.29) is 23.5 Å². The first-order chi connectivity index (χ1) is 10.4. The summed E-state index contributed by atoms with van der Waals surface area (Å²) in [5.74, 6) is 0.873. The molecule has 1 fully saturated rings. The minimum absolute atomic E-state index is 0.0110. The molecule has 1 aliphatic heterocycles. The fourth-order valence-corrected chi connectivity index (χ4v) is 4.23. The lowest BCUT2D eigenvalue weighted by Gasteiger charge is -2.27. The molecule has 7 heteroatoms. The Kier molecular flexibility index (Phi) is 4.10. The van der Waals surface area contributed by atoms with Gasteiger partial charge < -0.3 is 10.1 Å². The normalized spacial score (nSPS) is 25.0. The van der Waals surface area contributed by atoms with Crippen LogP contribution in [-0.2, 0) is 14.8 Å². The number of ether oxygens (including phenoxy) is 1. The summed E-state index contributed by atoms with van der Waals surface area (Å²) in [6.45, 7) is 2.15. The van der Waals surface area contributed by atoms with E-state index >= 15 is 0 Å². The van der Waals surface area contributed by atoms with Crippen molar-refractivity contribution < 1.29 is 17.9 Å². The fourth-order valence-electron chi connectivity index (χ4n) is 2.89. The van der Waals surface area contributed by atoms with Crippen molar-refractivity contribution in [1.82, 2.24) is 4.72 Å². The molecule has 3 rings (SSSR count).